The highest BCUT2D eigenvalue weighted by Crippen LogP contribution is 2.31. The van der Waals surface area contributed by atoms with Crippen molar-refractivity contribution in [2.75, 3.05) is 11.5 Å². The van der Waals surface area contributed by atoms with Gasteiger partial charge in [0.05, 0.1) is 12.3 Å². The van der Waals surface area contributed by atoms with Crippen LogP contribution in [0.3, 0.4) is 0 Å². The fourth-order valence-electron chi connectivity index (χ4n) is 4.23. The molecule has 0 aromatic heterocycles. The van der Waals surface area contributed by atoms with Crippen molar-refractivity contribution >= 4 is 29.6 Å². The molecule has 1 heterocycles. The van der Waals surface area contributed by atoms with Gasteiger partial charge >= 0.3 is 6.03 Å². The molecule has 42 heavy (non-hydrogen) atoms. The quantitative estimate of drug-likeness (QED) is 0.186. The molecule has 212 valence electrons. The lowest BCUT2D eigenvalue weighted by atomic mass is 10.1. The molecular weight excluding hydrogens is 539 g/mol. The maximum Gasteiger partial charge on any atom is 0.335 e. The largest absolute Gasteiger partial charge is 0.490 e. The number of hydrogen-bond acceptors (Lipinski definition) is 6. The molecule has 0 radical (unpaired) electrons. The summed E-state index contributed by atoms with van der Waals surface area (Å²) in [5, 5.41) is 2.23. The molecule has 0 bridgehead atoms. The van der Waals surface area contributed by atoms with Crippen LogP contribution in [0.1, 0.15) is 23.6 Å². The Morgan fingerprint density at radius 2 is 1.45 bits per heavy atom. The van der Waals surface area contributed by atoms with Crippen LogP contribution in [0.4, 0.5) is 14.9 Å². The number of nitrogens with one attached hydrogen (secondary N) is 1. The number of benzene rings is 4. The predicted octanol–water partition coefficient (Wildman–Crippen LogP) is 6.05. The van der Waals surface area contributed by atoms with Crippen LogP contribution in [0.15, 0.2) is 103 Å². The highest BCUT2D eigenvalue weighted by molar-refractivity contribution is 6.39. The van der Waals surface area contributed by atoms with E-state index in [2.05, 4.69) is 5.32 Å². The number of imide groups is 2. The second-order valence-electron chi connectivity index (χ2n) is 9.28. The molecule has 1 aliphatic rings. The second kappa shape index (κ2) is 12.8. The SMILES string of the molecule is CCOc1cc(/C=C2\C(=O)NC(=O)N(c3ccc(OCc4ccccc4)cc3)C2=O)ccc1OCc1ccc(F)cc1. The molecule has 8 nitrogen and oxygen atoms in total. The summed E-state index contributed by atoms with van der Waals surface area (Å²) in [6.45, 7) is 2.72. The van der Waals surface area contributed by atoms with Gasteiger partial charge in [0, 0.05) is 0 Å². The summed E-state index contributed by atoms with van der Waals surface area (Å²) in [6, 6.07) is 26.2. The van der Waals surface area contributed by atoms with Gasteiger partial charge in [-0.25, -0.2) is 14.1 Å². The van der Waals surface area contributed by atoms with Crippen molar-refractivity contribution in [1.29, 1.82) is 0 Å². The number of ether oxygens (including phenoxy) is 3. The van der Waals surface area contributed by atoms with Crippen molar-refractivity contribution < 1.29 is 33.0 Å². The molecular formula is C33H27FN2O6. The van der Waals surface area contributed by atoms with Gasteiger partial charge in [0.2, 0.25) is 0 Å². The average molecular weight is 567 g/mol. The molecule has 4 aromatic carbocycles. The van der Waals surface area contributed by atoms with Crippen molar-refractivity contribution in [2.45, 2.75) is 20.1 Å². The van der Waals surface area contributed by atoms with Crippen LogP contribution in [0.25, 0.3) is 6.08 Å². The number of carbonyl (C=O) groups excluding carboxylic acids is 3. The number of rotatable bonds is 10. The van der Waals surface area contributed by atoms with Crippen molar-refractivity contribution in [2.24, 2.45) is 0 Å². The molecule has 4 amide bonds. The molecule has 0 spiro atoms. The number of barbiturate groups is 1. The van der Waals surface area contributed by atoms with Crippen molar-refractivity contribution in [3.8, 4) is 17.2 Å². The Bertz CT molecular complexity index is 1620. The molecule has 4 aromatic rings. The van der Waals surface area contributed by atoms with Crippen LogP contribution in [-0.2, 0) is 22.8 Å². The minimum atomic E-state index is -0.848. The molecule has 5 rings (SSSR count). The Morgan fingerprint density at radius 1 is 0.762 bits per heavy atom. The van der Waals surface area contributed by atoms with Crippen molar-refractivity contribution in [3.05, 3.63) is 125 Å². The van der Waals surface area contributed by atoms with Crippen LogP contribution < -0.4 is 24.4 Å². The van der Waals surface area contributed by atoms with Crippen LogP contribution in [0, 0.1) is 5.82 Å². The number of anilines is 1. The van der Waals surface area contributed by atoms with Gasteiger partial charge < -0.3 is 14.2 Å². The number of halogens is 1. The van der Waals surface area contributed by atoms with E-state index in [1.807, 2.05) is 37.3 Å². The third-order valence-corrected chi connectivity index (χ3v) is 6.33. The van der Waals surface area contributed by atoms with Crippen molar-refractivity contribution in [1.82, 2.24) is 5.32 Å². The highest BCUT2D eigenvalue weighted by Gasteiger charge is 2.36. The van der Waals surface area contributed by atoms with Gasteiger partial charge in [-0.05, 0) is 78.2 Å². The summed E-state index contributed by atoms with van der Waals surface area (Å²) in [5.74, 6) is -0.511. The minimum Gasteiger partial charge on any atom is -0.490 e. The molecule has 0 unspecified atom stereocenters. The fraction of sp³-hybridized carbons (Fsp3) is 0.121. The first-order chi connectivity index (χ1) is 20.4. The minimum absolute atomic E-state index is 0.189. The Balaban J connectivity index is 1.33. The number of nitrogens with zero attached hydrogens (tertiary/aromatic N) is 1. The molecule has 0 atom stereocenters. The smallest absolute Gasteiger partial charge is 0.335 e. The van der Waals surface area contributed by atoms with Gasteiger partial charge in [0.15, 0.2) is 11.5 Å². The van der Waals surface area contributed by atoms with Crippen LogP contribution >= 0.6 is 0 Å². The topological polar surface area (TPSA) is 94.2 Å². The first-order valence-corrected chi connectivity index (χ1v) is 13.2. The van der Waals surface area contributed by atoms with E-state index in [0.717, 1.165) is 16.0 Å². The van der Waals surface area contributed by atoms with E-state index in [1.54, 1.807) is 54.6 Å². The summed E-state index contributed by atoms with van der Waals surface area (Å²) in [5.41, 5.74) is 2.32. The van der Waals surface area contributed by atoms with E-state index in [0.29, 0.717) is 36.0 Å². The van der Waals surface area contributed by atoms with Gasteiger partial charge in [-0.3, -0.25) is 14.9 Å². The van der Waals surface area contributed by atoms with E-state index in [-0.39, 0.29) is 23.7 Å². The standard InChI is InChI=1S/C33H27FN2O6/c1-2-40-30-19-24(10-17-29(30)42-21-23-8-11-25(34)12-9-23)18-28-31(37)35-33(39)36(32(28)38)26-13-15-27(16-14-26)41-20-22-6-4-3-5-7-22/h3-19H,2,20-21H2,1H3,(H,35,37,39)/b28-18+. The lowest BCUT2D eigenvalue weighted by Crippen LogP contribution is -2.54. The van der Waals surface area contributed by atoms with E-state index >= 15 is 0 Å². The molecule has 0 aliphatic carbocycles. The van der Waals surface area contributed by atoms with Crippen LogP contribution in [0.5, 0.6) is 17.2 Å². The zero-order chi connectivity index (χ0) is 29.5. The van der Waals surface area contributed by atoms with E-state index in [4.69, 9.17) is 14.2 Å². The maximum absolute atomic E-state index is 13.4. The van der Waals surface area contributed by atoms with Gasteiger partial charge in [0.1, 0.15) is 30.4 Å². The van der Waals surface area contributed by atoms with E-state index in [9.17, 15) is 18.8 Å². The molecule has 9 heteroatoms. The lowest BCUT2D eigenvalue weighted by Gasteiger charge is -2.26. The van der Waals surface area contributed by atoms with E-state index in [1.165, 1.54) is 18.2 Å². The Hall–Kier alpha value is -5.44. The Morgan fingerprint density at radius 3 is 2.17 bits per heavy atom. The van der Waals surface area contributed by atoms with Crippen molar-refractivity contribution in [3.63, 3.8) is 0 Å². The van der Waals surface area contributed by atoms with Crippen LogP contribution in [-0.4, -0.2) is 24.5 Å². The fourth-order valence-corrected chi connectivity index (χ4v) is 4.23. The van der Waals surface area contributed by atoms with E-state index < -0.39 is 17.8 Å². The number of hydrogen-bond donors (Lipinski definition) is 1. The third-order valence-electron chi connectivity index (χ3n) is 6.33. The van der Waals surface area contributed by atoms with Gasteiger partial charge in [0.25, 0.3) is 11.8 Å². The summed E-state index contributed by atoms with van der Waals surface area (Å²) in [7, 11) is 0. The predicted molar refractivity (Wildman–Crippen MR) is 155 cm³/mol. The van der Waals surface area contributed by atoms with Gasteiger partial charge in [-0.2, -0.15) is 0 Å². The number of urea groups is 1. The first kappa shape index (κ1) is 28.1. The number of carbonyl (C=O) groups is 3. The summed E-state index contributed by atoms with van der Waals surface area (Å²) < 4.78 is 30.6. The summed E-state index contributed by atoms with van der Waals surface area (Å²) in [4.78, 5) is 39.6. The van der Waals surface area contributed by atoms with Crippen LogP contribution in [0.2, 0.25) is 0 Å². The monoisotopic (exact) mass is 566 g/mol. The zero-order valence-corrected chi connectivity index (χ0v) is 22.7. The molecule has 1 N–H and O–H groups in total. The number of amides is 4. The zero-order valence-electron chi connectivity index (χ0n) is 22.7. The molecule has 1 aliphatic heterocycles. The van der Waals surface area contributed by atoms with Gasteiger partial charge in [-0.15, -0.1) is 0 Å². The Kier molecular flexibility index (Phi) is 8.58. The molecule has 1 fully saturated rings. The maximum atomic E-state index is 13.4. The third kappa shape index (κ3) is 6.64. The summed E-state index contributed by atoms with van der Waals surface area (Å²) in [6.07, 6.45) is 1.39. The highest BCUT2D eigenvalue weighted by atomic mass is 19.1. The first-order valence-electron chi connectivity index (χ1n) is 13.2. The average Bonchev–Trinajstić information content (AvgIpc) is 3.00. The summed E-state index contributed by atoms with van der Waals surface area (Å²) >= 11 is 0. The lowest BCUT2D eigenvalue weighted by molar-refractivity contribution is -0.122. The van der Waals surface area contributed by atoms with Gasteiger partial charge in [-0.1, -0.05) is 48.5 Å². The normalized spacial score (nSPS) is 14.1. The molecule has 0 saturated carbocycles. The molecule has 1 saturated heterocycles. The second-order valence-corrected chi connectivity index (χ2v) is 9.28. The Labute approximate surface area is 241 Å².